The van der Waals surface area contributed by atoms with Crippen LogP contribution in [0.5, 0.6) is 0 Å². The molecule has 0 aliphatic rings. The van der Waals surface area contributed by atoms with E-state index in [0.717, 1.165) is 83.5 Å². The first-order chi connectivity index (χ1) is 11.4. The second-order valence-corrected chi connectivity index (χ2v) is 8.76. The Morgan fingerprint density at radius 1 is 0.720 bits per heavy atom. The van der Waals surface area contributed by atoms with E-state index < -0.39 is 15.4 Å². The van der Waals surface area contributed by atoms with Crippen molar-refractivity contribution in [3.8, 4) is 0 Å². The summed E-state index contributed by atoms with van der Waals surface area (Å²) in [7, 11) is -4.15. The minimum absolute atomic E-state index is 0. The Labute approximate surface area is 178 Å². The number of aliphatic hydroxyl groups is 1. The van der Waals surface area contributed by atoms with Crippen LogP contribution in [-0.2, 0) is 10.1 Å². The third kappa shape index (κ3) is 18.0. The van der Waals surface area contributed by atoms with E-state index in [2.05, 4.69) is 13.8 Å². The van der Waals surface area contributed by atoms with Gasteiger partial charge in [0, 0.05) is 5.25 Å². The van der Waals surface area contributed by atoms with Crippen molar-refractivity contribution in [2.45, 2.75) is 122 Å². The van der Waals surface area contributed by atoms with Crippen molar-refractivity contribution in [3.63, 3.8) is 0 Å². The van der Waals surface area contributed by atoms with Gasteiger partial charge in [0.2, 0.25) is 0 Å². The van der Waals surface area contributed by atoms with E-state index in [1.807, 2.05) is 0 Å². The molecule has 0 fully saturated rings. The van der Waals surface area contributed by atoms with Crippen molar-refractivity contribution in [1.29, 1.82) is 0 Å². The molecule has 0 spiro atoms. The van der Waals surface area contributed by atoms with Crippen molar-refractivity contribution in [1.82, 2.24) is 0 Å². The summed E-state index contributed by atoms with van der Waals surface area (Å²) in [5.41, 5.74) is 0. The van der Waals surface area contributed by atoms with E-state index in [1.54, 1.807) is 0 Å². The Hall–Kier alpha value is 0.870. The van der Waals surface area contributed by atoms with E-state index >= 15 is 0 Å². The SMILES string of the molecule is CCCCCCC(CCCCCCCCC(O)CCC)S(=O)(=O)[O-].[Na+]. The Kier molecular flexibility index (Phi) is 20.5. The van der Waals surface area contributed by atoms with Crippen molar-refractivity contribution >= 4 is 10.1 Å². The quantitative estimate of drug-likeness (QED) is 0.236. The minimum Gasteiger partial charge on any atom is -0.748 e. The number of rotatable bonds is 17. The van der Waals surface area contributed by atoms with Crippen molar-refractivity contribution in [2.24, 2.45) is 0 Å². The summed E-state index contributed by atoms with van der Waals surface area (Å²) < 4.78 is 34.0. The number of unbranched alkanes of at least 4 members (excludes halogenated alkanes) is 8. The zero-order chi connectivity index (χ0) is 18.3. The van der Waals surface area contributed by atoms with E-state index in [-0.39, 0.29) is 35.7 Å². The zero-order valence-electron chi connectivity index (χ0n) is 16.8. The van der Waals surface area contributed by atoms with Gasteiger partial charge in [-0.3, -0.25) is 0 Å². The minimum atomic E-state index is -4.15. The largest absolute Gasteiger partial charge is 1.00 e. The van der Waals surface area contributed by atoms with Crippen LogP contribution in [0.1, 0.15) is 110 Å². The molecule has 2 atom stereocenters. The van der Waals surface area contributed by atoms with Gasteiger partial charge in [0.1, 0.15) is 0 Å². The van der Waals surface area contributed by atoms with Crippen LogP contribution in [0, 0.1) is 0 Å². The fourth-order valence-electron chi connectivity index (χ4n) is 3.17. The first-order valence-electron chi connectivity index (χ1n) is 10.0. The van der Waals surface area contributed by atoms with Crippen LogP contribution in [-0.4, -0.2) is 29.4 Å². The average molecular weight is 387 g/mol. The van der Waals surface area contributed by atoms with Gasteiger partial charge in [-0.25, -0.2) is 8.42 Å². The van der Waals surface area contributed by atoms with Crippen LogP contribution in [0.3, 0.4) is 0 Å². The van der Waals surface area contributed by atoms with E-state index in [0.29, 0.717) is 12.8 Å². The molecule has 0 aromatic rings. The standard InChI is InChI=1S/C19H40O4S.Na/c1-3-5-6-12-16-19(24(21,22)23)17-13-10-8-7-9-11-15-18(20)14-4-2;/h18-20H,3-17H2,1-2H3,(H,21,22,23);/q;+1/p-1. The molecule has 0 amide bonds. The predicted molar refractivity (Wildman–Crippen MR) is 100 cm³/mol. The third-order valence-electron chi connectivity index (χ3n) is 4.72. The first kappa shape index (κ1) is 28.1. The van der Waals surface area contributed by atoms with Crippen LogP contribution in [0.25, 0.3) is 0 Å². The van der Waals surface area contributed by atoms with Gasteiger partial charge >= 0.3 is 29.6 Å². The molecule has 0 rings (SSSR count). The smallest absolute Gasteiger partial charge is 0.748 e. The van der Waals surface area contributed by atoms with Crippen LogP contribution in [0.2, 0.25) is 0 Å². The molecule has 0 bridgehead atoms. The fraction of sp³-hybridized carbons (Fsp3) is 1.00. The molecular weight excluding hydrogens is 347 g/mol. The molecule has 0 heterocycles. The summed E-state index contributed by atoms with van der Waals surface area (Å²) >= 11 is 0. The molecule has 0 aromatic carbocycles. The summed E-state index contributed by atoms with van der Waals surface area (Å²) in [6, 6.07) is 0. The van der Waals surface area contributed by atoms with Gasteiger partial charge in [0.25, 0.3) is 0 Å². The van der Waals surface area contributed by atoms with E-state index in [1.165, 1.54) is 0 Å². The maximum atomic E-state index is 11.3. The van der Waals surface area contributed by atoms with Crippen LogP contribution in [0.15, 0.2) is 0 Å². The molecule has 25 heavy (non-hydrogen) atoms. The molecule has 0 saturated heterocycles. The third-order valence-corrected chi connectivity index (χ3v) is 6.01. The molecule has 0 saturated carbocycles. The molecule has 6 heteroatoms. The fourth-order valence-corrected chi connectivity index (χ4v) is 4.08. The Morgan fingerprint density at radius 3 is 1.60 bits per heavy atom. The van der Waals surface area contributed by atoms with Crippen molar-refractivity contribution in [3.05, 3.63) is 0 Å². The number of hydrogen-bond donors (Lipinski definition) is 1. The van der Waals surface area contributed by atoms with Crippen LogP contribution >= 0.6 is 0 Å². The van der Waals surface area contributed by atoms with Gasteiger partial charge in [-0.2, -0.15) is 0 Å². The van der Waals surface area contributed by atoms with Gasteiger partial charge in [0.15, 0.2) is 0 Å². The molecule has 2 unspecified atom stereocenters. The second-order valence-electron chi connectivity index (χ2n) is 7.11. The zero-order valence-corrected chi connectivity index (χ0v) is 19.7. The second kappa shape index (κ2) is 18.2. The number of hydrogen-bond acceptors (Lipinski definition) is 4. The molecular formula is C19H39NaO4S. The summed E-state index contributed by atoms with van der Waals surface area (Å²) in [6.45, 7) is 4.20. The van der Waals surface area contributed by atoms with Crippen LogP contribution < -0.4 is 29.6 Å². The summed E-state index contributed by atoms with van der Waals surface area (Å²) in [4.78, 5) is 0. The Balaban J connectivity index is 0. The summed E-state index contributed by atoms with van der Waals surface area (Å²) in [6.07, 6.45) is 14.0. The van der Waals surface area contributed by atoms with Gasteiger partial charge < -0.3 is 9.66 Å². The molecule has 0 radical (unpaired) electrons. The normalized spacial score (nSPS) is 14.1. The first-order valence-corrected chi connectivity index (χ1v) is 11.5. The molecule has 0 aliphatic carbocycles. The molecule has 0 aliphatic heterocycles. The molecule has 0 aromatic heterocycles. The predicted octanol–water partition coefficient (Wildman–Crippen LogP) is 2.16. The van der Waals surface area contributed by atoms with Gasteiger partial charge in [-0.15, -0.1) is 0 Å². The molecule has 4 nitrogen and oxygen atoms in total. The van der Waals surface area contributed by atoms with E-state index in [9.17, 15) is 18.1 Å². The Morgan fingerprint density at radius 2 is 1.16 bits per heavy atom. The average Bonchev–Trinajstić information content (AvgIpc) is 2.51. The maximum absolute atomic E-state index is 11.3. The van der Waals surface area contributed by atoms with Crippen molar-refractivity contribution < 1.29 is 47.6 Å². The van der Waals surface area contributed by atoms with Gasteiger partial charge in [-0.05, 0) is 25.7 Å². The number of aliphatic hydroxyl groups excluding tert-OH is 1. The van der Waals surface area contributed by atoms with Gasteiger partial charge in [-0.1, -0.05) is 84.5 Å². The molecule has 1 N–H and O–H groups in total. The summed E-state index contributed by atoms with van der Waals surface area (Å²) in [5, 5.41) is 8.96. The monoisotopic (exact) mass is 386 g/mol. The van der Waals surface area contributed by atoms with Crippen LogP contribution in [0.4, 0.5) is 0 Å². The molecule has 146 valence electrons. The Bertz CT molecular complexity index is 374. The maximum Gasteiger partial charge on any atom is 1.00 e. The van der Waals surface area contributed by atoms with Gasteiger partial charge in [0.05, 0.1) is 16.2 Å². The van der Waals surface area contributed by atoms with E-state index in [4.69, 9.17) is 0 Å². The summed E-state index contributed by atoms with van der Waals surface area (Å²) in [5.74, 6) is 0. The topological polar surface area (TPSA) is 77.4 Å². The van der Waals surface area contributed by atoms with Crippen molar-refractivity contribution in [2.75, 3.05) is 0 Å².